The second kappa shape index (κ2) is 10.7. The minimum atomic E-state index is -0.863. The van der Waals surface area contributed by atoms with Crippen LogP contribution >= 0.6 is 19.5 Å². The fourth-order valence-corrected chi connectivity index (χ4v) is 5.41. The Kier molecular flexibility index (Phi) is 7.79. The molecule has 0 fully saturated rings. The molecule has 0 heterocycles. The van der Waals surface area contributed by atoms with Crippen LogP contribution in [0.2, 0.25) is 5.02 Å². The molecule has 0 unspecified atom stereocenters. The summed E-state index contributed by atoms with van der Waals surface area (Å²) >= 11 is 6.02. The number of hydrogen-bond donors (Lipinski definition) is 1. The van der Waals surface area contributed by atoms with Crippen LogP contribution in [0.25, 0.3) is 0 Å². The van der Waals surface area contributed by atoms with Gasteiger partial charge in [0.2, 0.25) is 0 Å². The van der Waals surface area contributed by atoms with E-state index in [0.29, 0.717) is 5.56 Å². The molecule has 0 atom stereocenters. The SMILES string of the molecule is Cc1ccccc1C(=O)O.Clc1ccc(P(c2ccccc2)c2ccccc2)cc1. The Bertz CT molecular complexity index is 1040. The summed E-state index contributed by atoms with van der Waals surface area (Å²) in [7, 11) is -0.517. The summed E-state index contributed by atoms with van der Waals surface area (Å²) in [5, 5.41) is 13.4. The van der Waals surface area contributed by atoms with Gasteiger partial charge < -0.3 is 5.11 Å². The predicted octanol–water partition coefficient (Wildman–Crippen LogP) is 5.79. The molecule has 0 bridgehead atoms. The highest BCUT2D eigenvalue weighted by Gasteiger charge is 2.15. The van der Waals surface area contributed by atoms with Crippen LogP contribution < -0.4 is 15.9 Å². The molecule has 150 valence electrons. The molecular weight excluding hydrogens is 411 g/mol. The van der Waals surface area contributed by atoms with Crippen molar-refractivity contribution in [1.29, 1.82) is 0 Å². The van der Waals surface area contributed by atoms with Crippen LogP contribution in [-0.4, -0.2) is 11.1 Å². The van der Waals surface area contributed by atoms with Gasteiger partial charge in [-0.05, 0) is 54.5 Å². The van der Waals surface area contributed by atoms with E-state index in [1.807, 2.05) is 18.2 Å². The predicted molar refractivity (Wildman–Crippen MR) is 128 cm³/mol. The first-order chi connectivity index (χ1) is 14.6. The van der Waals surface area contributed by atoms with E-state index in [-0.39, 0.29) is 0 Å². The first-order valence-corrected chi connectivity index (χ1v) is 11.2. The lowest BCUT2D eigenvalue weighted by Gasteiger charge is -2.19. The topological polar surface area (TPSA) is 37.3 Å². The van der Waals surface area contributed by atoms with E-state index in [9.17, 15) is 4.79 Å². The lowest BCUT2D eigenvalue weighted by atomic mass is 10.1. The number of carboxylic acid groups (broad SMARTS) is 1. The van der Waals surface area contributed by atoms with Crippen molar-refractivity contribution in [3.05, 3.63) is 125 Å². The van der Waals surface area contributed by atoms with E-state index in [1.165, 1.54) is 15.9 Å². The summed E-state index contributed by atoms with van der Waals surface area (Å²) in [5.41, 5.74) is 1.18. The Morgan fingerprint density at radius 3 is 1.53 bits per heavy atom. The molecule has 0 saturated carbocycles. The third-order valence-electron chi connectivity index (χ3n) is 4.49. The Hall–Kier alpha value is -2.93. The van der Waals surface area contributed by atoms with Crippen molar-refractivity contribution in [3.63, 3.8) is 0 Å². The van der Waals surface area contributed by atoms with Gasteiger partial charge in [0.05, 0.1) is 5.56 Å². The van der Waals surface area contributed by atoms with Crippen LogP contribution in [0, 0.1) is 6.92 Å². The van der Waals surface area contributed by atoms with Gasteiger partial charge in [-0.25, -0.2) is 4.79 Å². The van der Waals surface area contributed by atoms with Crippen LogP contribution in [0.15, 0.2) is 109 Å². The molecule has 0 aliphatic rings. The number of benzene rings is 4. The summed E-state index contributed by atoms with van der Waals surface area (Å²) in [6.07, 6.45) is 0. The van der Waals surface area contributed by atoms with E-state index >= 15 is 0 Å². The molecule has 4 heteroatoms. The first-order valence-electron chi connectivity index (χ1n) is 9.51. The highest BCUT2D eigenvalue weighted by Crippen LogP contribution is 2.32. The summed E-state index contributed by atoms with van der Waals surface area (Å²) in [6, 6.07) is 36.5. The smallest absolute Gasteiger partial charge is 0.335 e. The summed E-state index contributed by atoms with van der Waals surface area (Å²) < 4.78 is 0. The number of carboxylic acids is 1. The maximum atomic E-state index is 10.4. The summed E-state index contributed by atoms with van der Waals surface area (Å²) in [4.78, 5) is 10.4. The van der Waals surface area contributed by atoms with Crippen LogP contribution in [0.4, 0.5) is 0 Å². The second-order valence-corrected chi connectivity index (χ2v) is 9.26. The van der Waals surface area contributed by atoms with E-state index < -0.39 is 13.9 Å². The van der Waals surface area contributed by atoms with E-state index in [1.54, 1.807) is 25.1 Å². The highest BCUT2D eigenvalue weighted by molar-refractivity contribution is 7.79. The van der Waals surface area contributed by atoms with Gasteiger partial charge in [0, 0.05) is 5.02 Å². The third-order valence-corrected chi connectivity index (χ3v) is 7.18. The van der Waals surface area contributed by atoms with Gasteiger partial charge in [-0.15, -0.1) is 0 Å². The lowest BCUT2D eigenvalue weighted by Crippen LogP contribution is -2.20. The number of carbonyl (C=O) groups is 1. The van der Waals surface area contributed by atoms with E-state index in [4.69, 9.17) is 16.7 Å². The molecule has 4 rings (SSSR count). The quantitative estimate of drug-likeness (QED) is 0.414. The van der Waals surface area contributed by atoms with Gasteiger partial charge in [0.1, 0.15) is 0 Å². The van der Waals surface area contributed by atoms with Crippen molar-refractivity contribution < 1.29 is 9.90 Å². The number of hydrogen-bond acceptors (Lipinski definition) is 1. The van der Waals surface area contributed by atoms with Gasteiger partial charge in [-0.3, -0.25) is 0 Å². The van der Waals surface area contributed by atoms with Crippen molar-refractivity contribution in [2.45, 2.75) is 6.92 Å². The van der Waals surface area contributed by atoms with E-state index in [2.05, 4.69) is 72.8 Å². The van der Waals surface area contributed by atoms with Crippen LogP contribution in [0.3, 0.4) is 0 Å². The van der Waals surface area contributed by atoms with Gasteiger partial charge in [-0.2, -0.15) is 0 Å². The fraction of sp³-hybridized carbons (Fsp3) is 0.0385. The molecule has 30 heavy (non-hydrogen) atoms. The maximum Gasteiger partial charge on any atom is 0.335 e. The fourth-order valence-electron chi connectivity index (χ4n) is 3.00. The molecule has 0 aromatic heterocycles. The number of aryl methyl sites for hydroxylation is 1. The number of halogens is 1. The van der Waals surface area contributed by atoms with Crippen molar-refractivity contribution >= 4 is 41.4 Å². The van der Waals surface area contributed by atoms with Crippen molar-refractivity contribution in [3.8, 4) is 0 Å². The van der Waals surface area contributed by atoms with Crippen LogP contribution in [0.5, 0.6) is 0 Å². The standard InChI is InChI=1S/C18H14ClP.C8H8O2/c19-15-11-13-18(14-12-15)20(16-7-3-1-4-8-16)17-9-5-2-6-10-17;1-6-4-2-3-5-7(6)8(9)10/h1-14H;2-5H,1H3,(H,9,10). The summed E-state index contributed by atoms with van der Waals surface area (Å²) in [6.45, 7) is 1.78. The molecule has 2 nitrogen and oxygen atoms in total. The third kappa shape index (κ3) is 5.79. The van der Waals surface area contributed by atoms with Crippen molar-refractivity contribution in [1.82, 2.24) is 0 Å². The van der Waals surface area contributed by atoms with Crippen molar-refractivity contribution in [2.24, 2.45) is 0 Å². The highest BCUT2D eigenvalue weighted by atomic mass is 35.5. The molecular formula is C26H22ClO2P. The van der Waals surface area contributed by atoms with Crippen molar-refractivity contribution in [2.75, 3.05) is 0 Å². The number of rotatable bonds is 4. The van der Waals surface area contributed by atoms with E-state index in [0.717, 1.165) is 10.6 Å². The Balaban J connectivity index is 0.000000216. The minimum absolute atomic E-state index is 0.377. The zero-order chi connectivity index (χ0) is 21.3. The minimum Gasteiger partial charge on any atom is -0.478 e. The zero-order valence-corrected chi connectivity index (χ0v) is 18.2. The molecule has 4 aromatic carbocycles. The molecule has 0 spiro atoms. The molecule has 0 radical (unpaired) electrons. The lowest BCUT2D eigenvalue weighted by molar-refractivity contribution is 0.0696. The van der Waals surface area contributed by atoms with Gasteiger partial charge in [-0.1, -0.05) is 103 Å². The molecule has 0 aliphatic heterocycles. The molecule has 0 amide bonds. The van der Waals surface area contributed by atoms with Gasteiger partial charge >= 0.3 is 5.97 Å². The van der Waals surface area contributed by atoms with Crippen LogP contribution in [-0.2, 0) is 0 Å². The molecule has 4 aromatic rings. The second-order valence-electron chi connectivity index (χ2n) is 6.60. The zero-order valence-electron chi connectivity index (χ0n) is 16.6. The summed E-state index contributed by atoms with van der Waals surface area (Å²) in [5.74, 6) is -0.863. The molecule has 0 saturated heterocycles. The Morgan fingerprint density at radius 1 is 0.667 bits per heavy atom. The normalized spacial score (nSPS) is 10.2. The first kappa shape index (κ1) is 21.8. The van der Waals surface area contributed by atoms with Gasteiger partial charge in [0.15, 0.2) is 0 Å². The monoisotopic (exact) mass is 432 g/mol. The Morgan fingerprint density at radius 2 is 1.10 bits per heavy atom. The van der Waals surface area contributed by atoms with Crippen LogP contribution in [0.1, 0.15) is 15.9 Å². The molecule has 1 N–H and O–H groups in total. The Labute approximate surface area is 183 Å². The average Bonchev–Trinajstić information content (AvgIpc) is 2.77. The number of aromatic carboxylic acids is 1. The molecule has 0 aliphatic carbocycles. The maximum absolute atomic E-state index is 10.4. The largest absolute Gasteiger partial charge is 0.478 e. The average molecular weight is 433 g/mol. The van der Waals surface area contributed by atoms with Gasteiger partial charge in [0.25, 0.3) is 0 Å².